The van der Waals surface area contributed by atoms with Gasteiger partial charge < -0.3 is 5.11 Å². The number of carboxylic acids is 1. The van der Waals surface area contributed by atoms with E-state index in [0.717, 1.165) is 12.0 Å². The molecule has 0 aromatic heterocycles. The zero-order chi connectivity index (χ0) is 12.3. The highest BCUT2D eigenvalue weighted by Crippen LogP contribution is 2.27. The molecule has 0 spiro atoms. The quantitative estimate of drug-likeness (QED) is 0.842. The van der Waals surface area contributed by atoms with E-state index in [0.29, 0.717) is 0 Å². The lowest BCUT2D eigenvalue weighted by atomic mass is 9.81. The van der Waals surface area contributed by atoms with Crippen molar-refractivity contribution in [2.45, 2.75) is 45.4 Å². The summed E-state index contributed by atoms with van der Waals surface area (Å²) in [7, 11) is 0. The number of rotatable bonds is 4. The van der Waals surface area contributed by atoms with Crippen LogP contribution in [0.5, 0.6) is 0 Å². The maximum atomic E-state index is 10.8. The summed E-state index contributed by atoms with van der Waals surface area (Å²) in [5.41, 5.74) is 2.28. The Labute approximate surface area is 97.3 Å². The summed E-state index contributed by atoms with van der Waals surface area (Å²) in [6.45, 7) is 8.27. The number of hydrogen-bond acceptors (Lipinski definition) is 1. The lowest BCUT2D eigenvalue weighted by Gasteiger charge is -2.23. The number of carboxylic acid groups (broad SMARTS) is 1. The van der Waals surface area contributed by atoms with E-state index < -0.39 is 11.9 Å². The largest absolute Gasteiger partial charge is 0.481 e. The molecule has 1 aromatic carbocycles. The Hall–Kier alpha value is -1.31. The zero-order valence-corrected chi connectivity index (χ0v) is 10.4. The molecular formula is C14H20O2. The normalized spacial score (nSPS) is 13.5. The topological polar surface area (TPSA) is 37.3 Å². The Kier molecular flexibility index (Phi) is 3.74. The van der Waals surface area contributed by atoms with Gasteiger partial charge in [-0.1, -0.05) is 45.0 Å². The summed E-state index contributed by atoms with van der Waals surface area (Å²) >= 11 is 0. The van der Waals surface area contributed by atoms with Crippen LogP contribution in [0.3, 0.4) is 0 Å². The van der Waals surface area contributed by atoms with Crippen LogP contribution >= 0.6 is 0 Å². The van der Waals surface area contributed by atoms with Crippen molar-refractivity contribution < 1.29 is 9.90 Å². The predicted molar refractivity (Wildman–Crippen MR) is 65.8 cm³/mol. The number of aliphatic carboxylic acids is 1. The highest BCUT2D eigenvalue weighted by molar-refractivity contribution is 5.75. The lowest BCUT2D eigenvalue weighted by Crippen LogP contribution is -2.15. The average Bonchev–Trinajstić information content (AvgIpc) is 2.28. The summed E-state index contributed by atoms with van der Waals surface area (Å²) < 4.78 is 0. The van der Waals surface area contributed by atoms with E-state index in [2.05, 4.69) is 20.8 Å². The van der Waals surface area contributed by atoms with Crippen molar-refractivity contribution in [2.24, 2.45) is 0 Å². The van der Waals surface area contributed by atoms with Crippen LogP contribution in [0.2, 0.25) is 0 Å². The van der Waals surface area contributed by atoms with Gasteiger partial charge in [-0.2, -0.15) is 0 Å². The Morgan fingerprint density at radius 1 is 1.31 bits per heavy atom. The maximum absolute atomic E-state index is 10.8. The van der Waals surface area contributed by atoms with Crippen LogP contribution in [0.25, 0.3) is 0 Å². The summed E-state index contributed by atoms with van der Waals surface area (Å²) in [6, 6.07) is 7.92. The summed E-state index contributed by atoms with van der Waals surface area (Å²) in [6.07, 6.45) is 1.07. The third-order valence-corrected chi connectivity index (χ3v) is 3.45. The van der Waals surface area contributed by atoms with E-state index in [-0.39, 0.29) is 5.41 Å². The third-order valence-electron chi connectivity index (χ3n) is 3.45. The second kappa shape index (κ2) is 4.69. The molecule has 2 heteroatoms. The zero-order valence-electron chi connectivity index (χ0n) is 10.4. The van der Waals surface area contributed by atoms with Gasteiger partial charge in [0, 0.05) is 0 Å². The fourth-order valence-corrected chi connectivity index (χ4v) is 1.57. The molecule has 1 N–H and O–H groups in total. The van der Waals surface area contributed by atoms with Crippen molar-refractivity contribution in [2.75, 3.05) is 0 Å². The van der Waals surface area contributed by atoms with E-state index in [1.165, 1.54) is 5.56 Å². The molecule has 0 unspecified atom stereocenters. The molecule has 1 rings (SSSR count). The molecule has 0 aliphatic carbocycles. The predicted octanol–water partition coefficient (Wildman–Crippen LogP) is 3.56. The third kappa shape index (κ3) is 2.63. The first-order valence-corrected chi connectivity index (χ1v) is 5.71. The van der Waals surface area contributed by atoms with Crippen LogP contribution < -0.4 is 0 Å². The Morgan fingerprint density at radius 3 is 2.19 bits per heavy atom. The number of hydrogen-bond donors (Lipinski definition) is 1. The minimum Gasteiger partial charge on any atom is -0.481 e. The monoisotopic (exact) mass is 220 g/mol. The molecule has 0 amide bonds. The van der Waals surface area contributed by atoms with Crippen molar-refractivity contribution in [3.63, 3.8) is 0 Å². The van der Waals surface area contributed by atoms with Gasteiger partial charge >= 0.3 is 5.97 Å². The minimum absolute atomic E-state index is 0.158. The molecule has 0 bridgehead atoms. The highest BCUT2D eigenvalue weighted by atomic mass is 16.4. The molecule has 0 radical (unpaired) electrons. The maximum Gasteiger partial charge on any atom is 0.310 e. The molecule has 16 heavy (non-hydrogen) atoms. The van der Waals surface area contributed by atoms with Crippen molar-refractivity contribution in [3.8, 4) is 0 Å². The fraction of sp³-hybridized carbons (Fsp3) is 0.500. The first kappa shape index (κ1) is 12.8. The van der Waals surface area contributed by atoms with Gasteiger partial charge in [-0.15, -0.1) is 0 Å². The van der Waals surface area contributed by atoms with Crippen molar-refractivity contribution in [1.82, 2.24) is 0 Å². The molecule has 2 nitrogen and oxygen atoms in total. The Bertz CT molecular complexity index is 363. The van der Waals surface area contributed by atoms with E-state index in [9.17, 15) is 4.79 Å². The minimum atomic E-state index is -0.775. The molecular weight excluding hydrogens is 200 g/mol. The van der Waals surface area contributed by atoms with E-state index in [1.807, 2.05) is 24.3 Å². The van der Waals surface area contributed by atoms with E-state index in [1.54, 1.807) is 6.92 Å². The van der Waals surface area contributed by atoms with Crippen LogP contribution in [-0.2, 0) is 10.2 Å². The van der Waals surface area contributed by atoms with Crippen molar-refractivity contribution >= 4 is 5.97 Å². The molecule has 0 aliphatic rings. The van der Waals surface area contributed by atoms with Gasteiger partial charge in [0.1, 0.15) is 0 Å². The first-order valence-electron chi connectivity index (χ1n) is 5.71. The molecule has 88 valence electrons. The van der Waals surface area contributed by atoms with E-state index in [4.69, 9.17) is 5.11 Å². The SMILES string of the molecule is CCC(C)(C)c1ccc([C@@H](C)C(=O)O)cc1. The molecule has 1 aromatic rings. The van der Waals surface area contributed by atoms with Gasteiger partial charge in [0.25, 0.3) is 0 Å². The molecule has 1 atom stereocenters. The Morgan fingerprint density at radius 2 is 1.81 bits per heavy atom. The van der Waals surface area contributed by atoms with Crippen molar-refractivity contribution in [3.05, 3.63) is 35.4 Å². The van der Waals surface area contributed by atoms with Crippen LogP contribution in [-0.4, -0.2) is 11.1 Å². The van der Waals surface area contributed by atoms with Gasteiger partial charge in [0.05, 0.1) is 5.92 Å². The van der Waals surface area contributed by atoms with Crippen LogP contribution in [0, 0.1) is 0 Å². The molecule has 0 heterocycles. The molecule has 0 saturated carbocycles. The van der Waals surface area contributed by atoms with Gasteiger partial charge in [-0.05, 0) is 29.9 Å². The average molecular weight is 220 g/mol. The number of benzene rings is 1. The second-order valence-corrected chi connectivity index (χ2v) is 4.92. The van der Waals surface area contributed by atoms with Gasteiger partial charge in [0.15, 0.2) is 0 Å². The number of carbonyl (C=O) groups is 1. The van der Waals surface area contributed by atoms with Gasteiger partial charge in [0.2, 0.25) is 0 Å². The highest BCUT2D eigenvalue weighted by Gasteiger charge is 2.19. The summed E-state index contributed by atoms with van der Waals surface area (Å²) in [5.74, 6) is -1.21. The van der Waals surface area contributed by atoms with Crippen molar-refractivity contribution in [1.29, 1.82) is 0 Å². The Balaban J connectivity index is 2.96. The first-order chi connectivity index (χ1) is 7.38. The molecule has 0 aliphatic heterocycles. The van der Waals surface area contributed by atoms with Crippen LogP contribution in [0.15, 0.2) is 24.3 Å². The molecule has 0 fully saturated rings. The standard InChI is InChI=1S/C14H20O2/c1-5-14(3,4)12-8-6-11(7-9-12)10(2)13(15)16/h6-10H,5H2,1-4H3,(H,15,16)/t10-/m1/s1. The lowest BCUT2D eigenvalue weighted by molar-refractivity contribution is -0.138. The second-order valence-electron chi connectivity index (χ2n) is 4.92. The van der Waals surface area contributed by atoms with Gasteiger partial charge in [-0.25, -0.2) is 0 Å². The van der Waals surface area contributed by atoms with Crippen LogP contribution in [0.1, 0.15) is 51.2 Å². The molecule has 0 saturated heterocycles. The van der Waals surface area contributed by atoms with E-state index >= 15 is 0 Å². The smallest absolute Gasteiger partial charge is 0.310 e. The van der Waals surface area contributed by atoms with Gasteiger partial charge in [-0.3, -0.25) is 4.79 Å². The summed E-state index contributed by atoms with van der Waals surface area (Å²) in [4.78, 5) is 10.8. The van der Waals surface area contributed by atoms with Crippen LogP contribution in [0.4, 0.5) is 0 Å². The fourth-order valence-electron chi connectivity index (χ4n) is 1.57. The summed E-state index contributed by atoms with van der Waals surface area (Å²) in [5, 5.41) is 8.91.